The van der Waals surface area contributed by atoms with Crippen molar-refractivity contribution < 1.29 is 8.42 Å². The van der Waals surface area contributed by atoms with E-state index in [9.17, 15) is 8.42 Å². The van der Waals surface area contributed by atoms with E-state index in [0.29, 0.717) is 4.90 Å². The molecule has 6 heteroatoms. The van der Waals surface area contributed by atoms with Gasteiger partial charge in [0.1, 0.15) is 0 Å². The van der Waals surface area contributed by atoms with E-state index in [1.54, 1.807) is 12.1 Å². The maximum atomic E-state index is 11.5. The number of hydrogen-bond acceptors (Lipinski definition) is 3. The highest BCUT2D eigenvalue weighted by Gasteiger charge is 2.12. The van der Waals surface area contributed by atoms with E-state index < -0.39 is 9.84 Å². The van der Waals surface area contributed by atoms with Gasteiger partial charge in [-0.1, -0.05) is 44.2 Å². The highest BCUT2D eigenvalue weighted by molar-refractivity contribution is 7.90. The Morgan fingerprint density at radius 2 is 1.81 bits per heavy atom. The van der Waals surface area contributed by atoms with Crippen molar-refractivity contribution in [3.8, 4) is 0 Å². The third kappa shape index (κ3) is 7.36. The Kier molecular flexibility index (Phi) is 8.42. The minimum atomic E-state index is -3.13. The highest BCUT2D eigenvalue weighted by Crippen LogP contribution is 2.26. The zero-order valence-electron chi connectivity index (χ0n) is 16.1. The Morgan fingerprint density at radius 3 is 2.42 bits per heavy atom. The lowest BCUT2D eigenvalue weighted by molar-refractivity contribution is 0.343. The van der Waals surface area contributed by atoms with Gasteiger partial charge >= 0.3 is 0 Å². The first kappa shape index (κ1) is 20.7. The molecule has 0 bridgehead atoms. The second-order valence-electron chi connectivity index (χ2n) is 7.15. The van der Waals surface area contributed by atoms with E-state index >= 15 is 0 Å². The second-order valence-corrected chi connectivity index (χ2v) is 9.16. The van der Waals surface area contributed by atoms with E-state index in [4.69, 9.17) is 4.99 Å². The predicted molar refractivity (Wildman–Crippen MR) is 108 cm³/mol. The van der Waals surface area contributed by atoms with E-state index in [0.717, 1.165) is 43.5 Å². The third-order valence-corrected chi connectivity index (χ3v) is 6.06. The van der Waals surface area contributed by atoms with Crippen molar-refractivity contribution in [2.45, 2.75) is 56.8 Å². The largest absolute Gasteiger partial charge is 0.357 e. The molecule has 0 aromatic heterocycles. The zero-order chi connectivity index (χ0) is 18.8. The van der Waals surface area contributed by atoms with E-state index in [2.05, 4.69) is 17.6 Å². The fourth-order valence-corrected chi connectivity index (χ4v) is 4.04. The van der Waals surface area contributed by atoms with Gasteiger partial charge in [-0.15, -0.1) is 0 Å². The van der Waals surface area contributed by atoms with Gasteiger partial charge in [0.25, 0.3) is 0 Å². The summed E-state index contributed by atoms with van der Waals surface area (Å²) in [6.45, 7) is 4.57. The molecule has 0 atom stereocenters. The molecule has 1 aromatic rings. The number of rotatable bonds is 8. The van der Waals surface area contributed by atoms with Crippen molar-refractivity contribution in [2.24, 2.45) is 10.9 Å². The van der Waals surface area contributed by atoms with Crippen molar-refractivity contribution in [1.82, 2.24) is 10.6 Å². The fraction of sp³-hybridized carbons (Fsp3) is 0.650. The number of aliphatic imine (C=N–C) groups is 1. The molecule has 5 nitrogen and oxygen atoms in total. The molecule has 0 saturated heterocycles. The lowest BCUT2D eigenvalue weighted by atomic mass is 9.87. The number of nitrogens with zero attached hydrogens (tertiary/aromatic N) is 1. The number of hydrogen-bond donors (Lipinski definition) is 2. The minimum Gasteiger partial charge on any atom is -0.357 e. The molecule has 146 valence electrons. The second kappa shape index (κ2) is 10.6. The van der Waals surface area contributed by atoms with Crippen LogP contribution in [0.15, 0.2) is 34.2 Å². The molecule has 26 heavy (non-hydrogen) atoms. The standard InChI is InChI=1S/C20H33N3O2S/c1-3-21-20(22-15-13-17-7-5-4-6-8-17)23-16-14-18-9-11-19(12-10-18)26(2,24)25/h9-12,17H,3-8,13-16H2,1-2H3,(H2,21,22,23). The average molecular weight is 380 g/mol. The molecule has 1 fully saturated rings. The summed E-state index contributed by atoms with van der Waals surface area (Å²) < 4.78 is 23.0. The molecule has 1 aliphatic carbocycles. The minimum absolute atomic E-state index is 0.367. The van der Waals surface area contributed by atoms with Gasteiger partial charge in [0.15, 0.2) is 15.8 Å². The molecule has 0 unspecified atom stereocenters. The summed E-state index contributed by atoms with van der Waals surface area (Å²) in [6.07, 6.45) is 10.1. The summed E-state index contributed by atoms with van der Waals surface area (Å²) >= 11 is 0. The van der Waals surface area contributed by atoms with Crippen LogP contribution in [-0.2, 0) is 16.3 Å². The summed E-state index contributed by atoms with van der Waals surface area (Å²) in [5, 5.41) is 6.67. The number of guanidine groups is 1. The molecule has 0 aliphatic heterocycles. The van der Waals surface area contributed by atoms with Gasteiger partial charge in [-0.3, -0.25) is 4.99 Å². The molecule has 1 aromatic carbocycles. The van der Waals surface area contributed by atoms with Crippen molar-refractivity contribution in [3.63, 3.8) is 0 Å². The van der Waals surface area contributed by atoms with Gasteiger partial charge in [0.2, 0.25) is 0 Å². The van der Waals surface area contributed by atoms with Crippen LogP contribution < -0.4 is 10.6 Å². The Balaban J connectivity index is 1.77. The van der Waals surface area contributed by atoms with Gasteiger partial charge < -0.3 is 10.6 Å². The van der Waals surface area contributed by atoms with Gasteiger partial charge in [0, 0.05) is 25.9 Å². The first-order chi connectivity index (χ1) is 12.5. The lowest BCUT2D eigenvalue weighted by Gasteiger charge is -2.20. The maximum Gasteiger partial charge on any atom is 0.191 e. The van der Waals surface area contributed by atoms with Gasteiger partial charge in [-0.2, -0.15) is 0 Å². The molecular formula is C20H33N3O2S. The lowest BCUT2D eigenvalue weighted by Crippen LogP contribution is -2.38. The molecule has 2 rings (SSSR count). The molecule has 2 N–H and O–H groups in total. The van der Waals surface area contributed by atoms with Crippen LogP contribution in [0.25, 0.3) is 0 Å². The van der Waals surface area contributed by atoms with Gasteiger partial charge in [0.05, 0.1) is 4.90 Å². The molecule has 0 amide bonds. The number of nitrogens with one attached hydrogen (secondary N) is 2. The molecule has 0 heterocycles. The first-order valence-electron chi connectivity index (χ1n) is 9.80. The van der Waals surface area contributed by atoms with Crippen molar-refractivity contribution >= 4 is 15.8 Å². The van der Waals surface area contributed by atoms with Crippen LogP contribution in [0.1, 0.15) is 51.0 Å². The number of sulfone groups is 1. The quantitative estimate of drug-likeness (QED) is 0.538. The van der Waals surface area contributed by atoms with E-state index in [1.165, 1.54) is 44.8 Å². The Bertz CT molecular complexity index is 663. The van der Waals surface area contributed by atoms with Crippen LogP contribution in [0, 0.1) is 5.92 Å². The van der Waals surface area contributed by atoms with Crippen LogP contribution in [0.4, 0.5) is 0 Å². The Morgan fingerprint density at radius 1 is 1.12 bits per heavy atom. The van der Waals surface area contributed by atoms with Crippen LogP contribution in [-0.4, -0.2) is 40.3 Å². The van der Waals surface area contributed by atoms with Crippen molar-refractivity contribution in [3.05, 3.63) is 29.8 Å². The molecule has 0 spiro atoms. The topological polar surface area (TPSA) is 70.6 Å². The predicted octanol–water partition coefficient (Wildman–Crippen LogP) is 3.16. The third-order valence-electron chi connectivity index (χ3n) is 4.93. The zero-order valence-corrected chi connectivity index (χ0v) is 16.9. The Hall–Kier alpha value is -1.56. The summed E-state index contributed by atoms with van der Waals surface area (Å²) in [5.41, 5.74) is 1.11. The molecule has 0 radical (unpaired) electrons. The number of benzene rings is 1. The van der Waals surface area contributed by atoms with Crippen LogP contribution in [0.3, 0.4) is 0 Å². The highest BCUT2D eigenvalue weighted by atomic mass is 32.2. The van der Waals surface area contributed by atoms with Crippen LogP contribution >= 0.6 is 0 Å². The summed E-state index contributed by atoms with van der Waals surface area (Å²) in [7, 11) is -3.13. The average Bonchev–Trinajstić information content (AvgIpc) is 2.62. The van der Waals surface area contributed by atoms with Gasteiger partial charge in [-0.05, 0) is 43.4 Å². The van der Waals surface area contributed by atoms with Crippen LogP contribution in [0.5, 0.6) is 0 Å². The molecular weight excluding hydrogens is 346 g/mol. The van der Waals surface area contributed by atoms with Gasteiger partial charge in [-0.25, -0.2) is 8.42 Å². The normalized spacial score (nSPS) is 16.5. The van der Waals surface area contributed by atoms with Crippen molar-refractivity contribution in [1.29, 1.82) is 0 Å². The van der Waals surface area contributed by atoms with E-state index in [-0.39, 0.29) is 0 Å². The van der Waals surface area contributed by atoms with Crippen molar-refractivity contribution in [2.75, 3.05) is 25.9 Å². The SMILES string of the molecule is CCNC(=NCCC1CCCCC1)NCCc1ccc(S(C)(=O)=O)cc1. The maximum absolute atomic E-state index is 11.5. The fourth-order valence-electron chi connectivity index (χ4n) is 3.41. The summed E-state index contributed by atoms with van der Waals surface area (Å²) in [6, 6.07) is 7.11. The van der Waals surface area contributed by atoms with E-state index in [1.807, 2.05) is 12.1 Å². The van der Waals surface area contributed by atoms with Crippen LogP contribution in [0.2, 0.25) is 0 Å². The molecule has 1 aliphatic rings. The first-order valence-corrected chi connectivity index (χ1v) is 11.7. The Labute approximate surface area is 158 Å². The monoisotopic (exact) mass is 379 g/mol. The summed E-state index contributed by atoms with van der Waals surface area (Å²) in [4.78, 5) is 5.07. The smallest absolute Gasteiger partial charge is 0.191 e. The molecule has 1 saturated carbocycles. The summed E-state index contributed by atoms with van der Waals surface area (Å²) in [5.74, 6) is 1.72.